The minimum atomic E-state index is -0.470. The van der Waals surface area contributed by atoms with Crippen molar-refractivity contribution in [1.82, 2.24) is 24.8 Å². The van der Waals surface area contributed by atoms with Gasteiger partial charge in [0.25, 0.3) is 5.91 Å². The van der Waals surface area contributed by atoms with Crippen LogP contribution in [0.4, 0.5) is 4.39 Å². The van der Waals surface area contributed by atoms with Gasteiger partial charge >= 0.3 is 0 Å². The molecule has 0 radical (unpaired) electrons. The average molecular weight is 567 g/mol. The van der Waals surface area contributed by atoms with Crippen LogP contribution in [0.25, 0.3) is 11.0 Å². The van der Waals surface area contributed by atoms with Gasteiger partial charge < -0.3 is 24.3 Å². The fraction of sp³-hybridized carbons (Fsp3) is 0.533. The van der Waals surface area contributed by atoms with Gasteiger partial charge in [0.2, 0.25) is 17.4 Å². The zero-order valence-electron chi connectivity index (χ0n) is 23.8. The van der Waals surface area contributed by atoms with Crippen LogP contribution in [0.1, 0.15) is 62.4 Å². The predicted octanol–water partition coefficient (Wildman–Crippen LogP) is 3.60. The minimum absolute atomic E-state index is 0.0307. The van der Waals surface area contributed by atoms with E-state index in [4.69, 9.17) is 9.47 Å². The molecule has 1 saturated carbocycles. The Labute approximate surface area is 239 Å². The number of pyridine rings is 1. The van der Waals surface area contributed by atoms with Gasteiger partial charge in [-0.25, -0.2) is 9.37 Å². The van der Waals surface area contributed by atoms with Gasteiger partial charge in [0.15, 0.2) is 0 Å². The highest BCUT2D eigenvalue weighted by Crippen LogP contribution is 2.33. The molecule has 2 aliphatic rings. The summed E-state index contributed by atoms with van der Waals surface area (Å²) in [6.07, 6.45) is 5.58. The number of carbonyl (C=O) groups is 2. The number of amides is 2. The molecule has 5 rings (SSSR count). The largest absolute Gasteiger partial charge is 0.478 e. The van der Waals surface area contributed by atoms with Crippen molar-refractivity contribution in [3.05, 3.63) is 53.5 Å². The van der Waals surface area contributed by atoms with Gasteiger partial charge in [-0.2, -0.15) is 4.99 Å². The molecule has 0 spiro atoms. The molecule has 2 fully saturated rings. The van der Waals surface area contributed by atoms with Crippen molar-refractivity contribution in [2.45, 2.75) is 58.0 Å². The summed E-state index contributed by atoms with van der Waals surface area (Å²) in [5.41, 5.74) is 2.27. The first-order chi connectivity index (χ1) is 19.9. The highest BCUT2D eigenvalue weighted by molar-refractivity contribution is 5.94. The molecule has 2 N–H and O–H groups in total. The summed E-state index contributed by atoms with van der Waals surface area (Å²) in [6.45, 7) is 8.84. The summed E-state index contributed by atoms with van der Waals surface area (Å²) >= 11 is 0. The van der Waals surface area contributed by atoms with E-state index in [9.17, 15) is 14.0 Å². The van der Waals surface area contributed by atoms with E-state index in [1.165, 1.54) is 24.3 Å². The molecular weight excluding hydrogens is 527 g/mol. The Bertz CT molecular complexity index is 1400. The Balaban J connectivity index is 1.38. The number of imidazole rings is 1. The van der Waals surface area contributed by atoms with Crippen LogP contribution in [0.15, 0.2) is 41.5 Å². The smallest absolute Gasteiger partial charge is 0.280 e. The lowest BCUT2D eigenvalue weighted by Gasteiger charge is -2.29. The molecule has 0 bridgehead atoms. The summed E-state index contributed by atoms with van der Waals surface area (Å²) in [4.78, 5) is 40.2. The Hall–Kier alpha value is -3.57. The van der Waals surface area contributed by atoms with Crippen molar-refractivity contribution in [2.75, 3.05) is 39.5 Å². The van der Waals surface area contributed by atoms with E-state index in [-0.39, 0.29) is 23.9 Å². The summed E-state index contributed by atoms with van der Waals surface area (Å²) in [5, 5.41) is 3.03. The van der Waals surface area contributed by atoms with Gasteiger partial charge in [0.1, 0.15) is 5.82 Å². The Morgan fingerprint density at radius 2 is 1.90 bits per heavy atom. The van der Waals surface area contributed by atoms with Crippen LogP contribution in [0.5, 0.6) is 5.88 Å². The molecule has 10 nitrogen and oxygen atoms in total. The second-order valence-corrected chi connectivity index (χ2v) is 11.1. The lowest BCUT2D eigenvalue weighted by atomic mass is 9.85. The van der Waals surface area contributed by atoms with Gasteiger partial charge in [-0.05, 0) is 70.2 Å². The molecule has 0 atom stereocenters. The highest BCUT2D eigenvalue weighted by Gasteiger charge is 2.29. The SMILES string of the molecule is CC(C)NC(=O)C1CCC(n2/c(=N/C(=O)c3ccc(F)cc3)[nH]c3cnc(OCCCN4CCOCC4)cc32)CC1. The average Bonchev–Trinajstić information content (AvgIpc) is 3.33. The molecule has 1 aromatic carbocycles. The first kappa shape index (κ1) is 28.9. The number of H-pyrrole nitrogens is 1. The first-order valence-electron chi connectivity index (χ1n) is 14.6. The van der Waals surface area contributed by atoms with Crippen LogP contribution >= 0.6 is 0 Å². The van der Waals surface area contributed by atoms with E-state index >= 15 is 0 Å². The summed E-state index contributed by atoms with van der Waals surface area (Å²) in [6, 6.07) is 7.37. The number of aromatic nitrogens is 3. The summed E-state index contributed by atoms with van der Waals surface area (Å²) in [5.74, 6) is -0.316. The Morgan fingerprint density at radius 1 is 1.17 bits per heavy atom. The molecule has 2 aromatic heterocycles. The van der Waals surface area contributed by atoms with Gasteiger partial charge in [-0.15, -0.1) is 0 Å². The molecule has 1 saturated heterocycles. The maximum Gasteiger partial charge on any atom is 0.280 e. The number of nitrogens with one attached hydrogen (secondary N) is 2. The highest BCUT2D eigenvalue weighted by atomic mass is 19.1. The molecule has 11 heteroatoms. The molecular formula is C30H39FN6O4. The molecule has 0 unspecified atom stereocenters. The lowest BCUT2D eigenvalue weighted by molar-refractivity contribution is -0.126. The van der Waals surface area contributed by atoms with E-state index in [1.54, 1.807) is 6.20 Å². The number of hydrogen-bond acceptors (Lipinski definition) is 6. The second kappa shape index (κ2) is 13.4. The number of aromatic amines is 1. The van der Waals surface area contributed by atoms with Gasteiger partial charge in [0.05, 0.1) is 37.1 Å². The van der Waals surface area contributed by atoms with E-state index in [2.05, 4.69) is 25.2 Å². The monoisotopic (exact) mass is 566 g/mol. The number of benzene rings is 1. The number of morpholine rings is 1. The quantitative estimate of drug-likeness (QED) is 0.383. The van der Waals surface area contributed by atoms with Crippen LogP contribution in [0.3, 0.4) is 0 Å². The van der Waals surface area contributed by atoms with Crippen molar-refractivity contribution < 1.29 is 23.5 Å². The fourth-order valence-corrected chi connectivity index (χ4v) is 5.59. The van der Waals surface area contributed by atoms with Gasteiger partial charge in [-0.1, -0.05) is 0 Å². The van der Waals surface area contributed by atoms with Crippen molar-refractivity contribution in [3.8, 4) is 5.88 Å². The molecule has 41 heavy (non-hydrogen) atoms. The van der Waals surface area contributed by atoms with Crippen molar-refractivity contribution in [3.63, 3.8) is 0 Å². The van der Waals surface area contributed by atoms with Crippen molar-refractivity contribution in [1.29, 1.82) is 0 Å². The number of ether oxygens (including phenoxy) is 2. The number of halogens is 1. The second-order valence-electron chi connectivity index (χ2n) is 11.1. The Morgan fingerprint density at radius 3 is 2.61 bits per heavy atom. The third kappa shape index (κ3) is 7.39. The zero-order valence-corrected chi connectivity index (χ0v) is 23.8. The van der Waals surface area contributed by atoms with E-state index in [1.807, 2.05) is 24.5 Å². The first-order valence-corrected chi connectivity index (χ1v) is 14.6. The van der Waals surface area contributed by atoms with Crippen molar-refractivity contribution in [2.24, 2.45) is 10.9 Å². The maximum absolute atomic E-state index is 13.4. The van der Waals surface area contributed by atoms with E-state index in [0.29, 0.717) is 23.7 Å². The van der Waals surface area contributed by atoms with Crippen LogP contribution in [0.2, 0.25) is 0 Å². The van der Waals surface area contributed by atoms with E-state index in [0.717, 1.165) is 76.0 Å². The van der Waals surface area contributed by atoms with Gasteiger partial charge in [0, 0.05) is 49.3 Å². The van der Waals surface area contributed by atoms with Crippen LogP contribution in [-0.2, 0) is 9.53 Å². The molecule has 220 valence electrons. The molecule has 3 heterocycles. The number of nitrogens with zero attached hydrogens (tertiary/aromatic N) is 4. The molecule has 1 aliphatic heterocycles. The maximum atomic E-state index is 13.4. The molecule has 1 aliphatic carbocycles. The van der Waals surface area contributed by atoms with Crippen molar-refractivity contribution >= 4 is 22.8 Å². The number of fused-ring (bicyclic) bond motifs is 1. The number of hydrogen-bond donors (Lipinski definition) is 2. The topological polar surface area (TPSA) is 114 Å². The minimum Gasteiger partial charge on any atom is -0.478 e. The Kier molecular flexibility index (Phi) is 9.45. The van der Waals surface area contributed by atoms with E-state index < -0.39 is 11.7 Å². The third-order valence-electron chi connectivity index (χ3n) is 7.73. The summed E-state index contributed by atoms with van der Waals surface area (Å²) < 4.78 is 26.9. The van der Waals surface area contributed by atoms with Crippen LogP contribution in [-0.4, -0.2) is 76.7 Å². The van der Waals surface area contributed by atoms with Crippen LogP contribution < -0.4 is 15.7 Å². The fourth-order valence-electron chi connectivity index (χ4n) is 5.59. The van der Waals surface area contributed by atoms with Crippen LogP contribution in [0, 0.1) is 11.7 Å². The van der Waals surface area contributed by atoms with Gasteiger partial charge in [-0.3, -0.25) is 14.5 Å². The number of carbonyl (C=O) groups excluding carboxylic acids is 2. The zero-order chi connectivity index (χ0) is 28.8. The summed E-state index contributed by atoms with van der Waals surface area (Å²) in [7, 11) is 0. The molecule has 3 aromatic rings. The standard InChI is InChI=1S/C30H39FN6O4/c1-20(2)33-28(38)22-6-10-24(11-7-22)37-26-18-27(41-15-3-12-36-13-16-40-17-14-36)32-19-25(26)34-30(37)35-29(39)21-4-8-23(31)9-5-21/h4-5,8-9,18-20,22,24H,3,6-7,10-17H2,1-2H3,(H,33,38)(H,34,35,39). The molecule has 2 amide bonds. The lowest BCUT2D eigenvalue weighted by Crippen LogP contribution is -2.38. The third-order valence-corrected chi connectivity index (χ3v) is 7.73. The predicted molar refractivity (Wildman–Crippen MR) is 152 cm³/mol. The number of rotatable bonds is 9. The normalized spacial score (nSPS) is 20.4.